The van der Waals surface area contributed by atoms with Gasteiger partial charge in [0, 0.05) is 49.9 Å². The lowest BCUT2D eigenvalue weighted by Gasteiger charge is -2.34. The highest BCUT2D eigenvalue weighted by Crippen LogP contribution is 2.27. The number of aryl methyl sites for hydroxylation is 1. The molecule has 0 radical (unpaired) electrons. The molecular weight excluding hydrogens is 392 g/mol. The summed E-state index contributed by atoms with van der Waals surface area (Å²) in [4.78, 5) is 2.12. The van der Waals surface area contributed by atoms with E-state index in [-0.39, 0.29) is 11.0 Å². The minimum absolute atomic E-state index is 0.131. The normalized spacial score (nSPS) is 16.0. The maximum Gasteiger partial charge on any atom is 0.276 e. The minimum atomic E-state index is -3.73. The van der Waals surface area contributed by atoms with Gasteiger partial charge in [-0.25, -0.2) is 8.42 Å². The summed E-state index contributed by atoms with van der Waals surface area (Å²) < 4.78 is 37.7. The van der Waals surface area contributed by atoms with E-state index in [4.69, 9.17) is 20.4 Å². The number of rotatable bonds is 4. The lowest BCUT2D eigenvalue weighted by atomic mass is 10.2. The van der Waals surface area contributed by atoms with Crippen LogP contribution in [-0.4, -0.2) is 49.1 Å². The van der Waals surface area contributed by atoms with Gasteiger partial charge < -0.3 is 13.7 Å². The fourth-order valence-corrected chi connectivity index (χ4v) is 4.41. The molecule has 0 amide bonds. The summed E-state index contributed by atoms with van der Waals surface area (Å²) in [7, 11) is -3.73. The third-order valence-corrected chi connectivity index (χ3v) is 6.39. The van der Waals surface area contributed by atoms with Crippen molar-refractivity contribution in [3.05, 3.63) is 47.5 Å². The molecule has 0 aliphatic carbocycles. The van der Waals surface area contributed by atoms with Crippen molar-refractivity contribution in [2.24, 2.45) is 0 Å². The lowest BCUT2D eigenvalue weighted by Crippen LogP contribution is -2.48. The maximum absolute atomic E-state index is 12.9. The molecule has 0 unspecified atom stereocenters. The maximum atomic E-state index is 12.9. The van der Waals surface area contributed by atoms with Gasteiger partial charge >= 0.3 is 0 Å². The van der Waals surface area contributed by atoms with Gasteiger partial charge in [0.2, 0.25) is 11.0 Å². The van der Waals surface area contributed by atoms with Crippen molar-refractivity contribution in [3.63, 3.8) is 0 Å². The zero-order chi connectivity index (χ0) is 19.0. The number of benzene rings is 1. The summed E-state index contributed by atoms with van der Waals surface area (Å²) in [5.41, 5.74) is 1.46. The summed E-state index contributed by atoms with van der Waals surface area (Å²) in [6, 6.07) is 8.91. The van der Waals surface area contributed by atoms with Gasteiger partial charge in [-0.05, 0) is 24.3 Å². The van der Waals surface area contributed by atoms with Crippen molar-refractivity contribution in [2.45, 2.75) is 12.0 Å². The van der Waals surface area contributed by atoms with Crippen LogP contribution < -0.4 is 4.90 Å². The summed E-state index contributed by atoms with van der Waals surface area (Å²) in [5, 5.41) is 8.15. The number of hydrogen-bond donors (Lipinski definition) is 0. The van der Waals surface area contributed by atoms with E-state index < -0.39 is 10.0 Å². The Bertz CT molecular complexity index is 1040. The van der Waals surface area contributed by atoms with Crippen LogP contribution >= 0.6 is 11.6 Å². The summed E-state index contributed by atoms with van der Waals surface area (Å²) in [5.74, 6) is 0.624. The van der Waals surface area contributed by atoms with Crippen LogP contribution in [0.15, 0.2) is 50.5 Å². The molecule has 0 spiro atoms. The number of nitrogens with zero attached hydrogens (tertiary/aromatic N) is 4. The van der Waals surface area contributed by atoms with Gasteiger partial charge in [-0.3, -0.25) is 0 Å². The molecule has 4 rings (SSSR count). The summed E-state index contributed by atoms with van der Waals surface area (Å²) in [6.07, 6.45) is 1.31. The van der Waals surface area contributed by atoms with Gasteiger partial charge in [-0.1, -0.05) is 11.6 Å². The van der Waals surface area contributed by atoms with Crippen LogP contribution in [-0.2, 0) is 10.0 Å². The third kappa shape index (κ3) is 3.58. The van der Waals surface area contributed by atoms with Crippen molar-refractivity contribution < 1.29 is 17.3 Å². The van der Waals surface area contributed by atoms with E-state index in [1.165, 1.54) is 16.6 Å². The van der Waals surface area contributed by atoms with Crippen LogP contribution in [0.5, 0.6) is 0 Å². The van der Waals surface area contributed by atoms with Crippen molar-refractivity contribution >= 4 is 27.3 Å². The zero-order valence-electron chi connectivity index (χ0n) is 14.5. The number of anilines is 1. The Hall–Kier alpha value is -2.36. The van der Waals surface area contributed by atoms with E-state index in [0.29, 0.717) is 42.7 Å². The summed E-state index contributed by atoms with van der Waals surface area (Å²) >= 11 is 5.92. The molecule has 1 aromatic carbocycles. The first-order chi connectivity index (χ1) is 12.9. The summed E-state index contributed by atoms with van der Waals surface area (Å²) in [6.45, 7) is 3.55. The highest BCUT2D eigenvalue weighted by Gasteiger charge is 2.31. The molecule has 1 fully saturated rings. The van der Waals surface area contributed by atoms with Crippen LogP contribution in [0, 0.1) is 6.92 Å². The van der Waals surface area contributed by atoms with Crippen LogP contribution in [0.25, 0.3) is 11.5 Å². The molecular formula is C17H17ClN4O4S. The highest BCUT2D eigenvalue weighted by atomic mass is 35.5. The first-order valence-corrected chi connectivity index (χ1v) is 10.1. The van der Waals surface area contributed by atoms with E-state index in [0.717, 1.165) is 5.69 Å². The van der Waals surface area contributed by atoms with Gasteiger partial charge in [-0.15, -0.1) is 10.2 Å². The molecule has 27 heavy (non-hydrogen) atoms. The number of hydrogen-bond acceptors (Lipinski definition) is 7. The first-order valence-electron chi connectivity index (χ1n) is 8.33. The SMILES string of the molecule is Cc1nnc(-c2coc(S(=O)(=O)N3CCN(c4ccc(Cl)cc4)CC3)c2)o1. The molecule has 1 aliphatic rings. The van der Waals surface area contributed by atoms with E-state index in [1.807, 2.05) is 24.3 Å². The Morgan fingerprint density at radius 1 is 1.07 bits per heavy atom. The monoisotopic (exact) mass is 408 g/mol. The van der Waals surface area contributed by atoms with Gasteiger partial charge in [0.25, 0.3) is 15.9 Å². The largest absolute Gasteiger partial charge is 0.451 e. The standard InChI is InChI=1S/C17H17ClN4O4S/c1-12-19-20-17(26-12)13-10-16(25-11-13)27(23,24)22-8-6-21(7-9-22)15-4-2-14(18)3-5-15/h2-5,10-11H,6-9H2,1H3. The predicted octanol–water partition coefficient (Wildman–Crippen LogP) is 2.80. The van der Waals surface area contributed by atoms with E-state index in [1.54, 1.807) is 6.92 Å². The number of sulfonamides is 1. The molecule has 0 N–H and O–H groups in total. The predicted molar refractivity (Wildman–Crippen MR) is 99.2 cm³/mol. The Morgan fingerprint density at radius 3 is 2.41 bits per heavy atom. The number of halogens is 1. The van der Waals surface area contributed by atoms with Gasteiger partial charge in [0.15, 0.2) is 0 Å². The second-order valence-corrected chi connectivity index (χ2v) is 8.45. The van der Waals surface area contributed by atoms with Crippen molar-refractivity contribution in [3.8, 4) is 11.5 Å². The first kappa shape index (κ1) is 18.0. The van der Waals surface area contributed by atoms with Gasteiger partial charge in [0.1, 0.15) is 6.26 Å². The average molecular weight is 409 g/mol. The third-order valence-electron chi connectivity index (χ3n) is 4.37. The zero-order valence-corrected chi connectivity index (χ0v) is 16.1. The Morgan fingerprint density at radius 2 is 1.78 bits per heavy atom. The second kappa shape index (κ2) is 6.99. The molecule has 2 aromatic heterocycles. The van der Waals surface area contributed by atoms with E-state index in [2.05, 4.69) is 15.1 Å². The van der Waals surface area contributed by atoms with Crippen LogP contribution in [0.3, 0.4) is 0 Å². The van der Waals surface area contributed by atoms with Crippen LogP contribution in [0.4, 0.5) is 5.69 Å². The number of piperazine rings is 1. The molecule has 1 saturated heterocycles. The Kier molecular flexibility index (Phi) is 4.67. The van der Waals surface area contributed by atoms with Crippen LogP contribution in [0.2, 0.25) is 5.02 Å². The fraction of sp³-hybridized carbons (Fsp3) is 0.294. The molecule has 10 heteroatoms. The number of furan rings is 1. The number of aromatic nitrogens is 2. The Labute approximate surface area is 161 Å². The van der Waals surface area contributed by atoms with Crippen LogP contribution in [0.1, 0.15) is 5.89 Å². The van der Waals surface area contributed by atoms with Gasteiger partial charge in [-0.2, -0.15) is 4.31 Å². The molecule has 0 bridgehead atoms. The van der Waals surface area contributed by atoms with Gasteiger partial charge in [0.05, 0.1) is 5.56 Å². The molecule has 0 saturated carbocycles. The molecule has 1 aliphatic heterocycles. The van der Waals surface area contributed by atoms with Crippen molar-refractivity contribution in [1.82, 2.24) is 14.5 Å². The lowest BCUT2D eigenvalue weighted by molar-refractivity contribution is 0.362. The quantitative estimate of drug-likeness (QED) is 0.655. The molecule has 3 aromatic rings. The highest BCUT2D eigenvalue weighted by molar-refractivity contribution is 7.89. The average Bonchev–Trinajstić information content (AvgIpc) is 3.32. The smallest absolute Gasteiger partial charge is 0.276 e. The second-order valence-electron chi connectivity index (χ2n) is 6.15. The molecule has 0 atom stereocenters. The fourth-order valence-electron chi connectivity index (χ4n) is 2.94. The molecule has 3 heterocycles. The van der Waals surface area contributed by atoms with Crippen molar-refractivity contribution in [2.75, 3.05) is 31.1 Å². The van der Waals surface area contributed by atoms with E-state index in [9.17, 15) is 8.42 Å². The molecule has 142 valence electrons. The molecule has 8 nitrogen and oxygen atoms in total. The minimum Gasteiger partial charge on any atom is -0.451 e. The topological polar surface area (TPSA) is 92.7 Å². The van der Waals surface area contributed by atoms with Crippen molar-refractivity contribution in [1.29, 1.82) is 0 Å². The van der Waals surface area contributed by atoms with E-state index >= 15 is 0 Å². The Balaban J connectivity index is 1.47.